The predicted octanol–water partition coefficient (Wildman–Crippen LogP) is 0.502. The van der Waals surface area contributed by atoms with Gasteiger partial charge in [-0.3, -0.25) is 4.68 Å². The smallest absolute Gasteiger partial charge is 0.145 e. The van der Waals surface area contributed by atoms with Crippen LogP contribution in [-0.2, 0) is 11.3 Å². The number of rotatable bonds is 2. The molecule has 0 saturated carbocycles. The van der Waals surface area contributed by atoms with Crippen LogP contribution < -0.4 is 5.73 Å². The number of hydrogen-bond donors (Lipinski definition) is 1. The average Bonchev–Trinajstić information content (AvgIpc) is 2.63. The average molecular weight is 167 g/mol. The normalized spacial score (nSPS) is 23.2. The second-order valence-corrected chi connectivity index (χ2v) is 3.19. The second kappa shape index (κ2) is 3.15. The van der Waals surface area contributed by atoms with E-state index < -0.39 is 0 Å². The van der Waals surface area contributed by atoms with Gasteiger partial charge in [-0.25, -0.2) is 0 Å². The van der Waals surface area contributed by atoms with Crippen molar-refractivity contribution in [1.29, 1.82) is 0 Å². The zero-order chi connectivity index (χ0) is 8.39. The lowest BCUT2D eigenvalue weighted by molar-refractivity contribution is 0.181. The lowest BCUT2D eigenvalue weighted by Crippen LogP contribution is -2.11. The Labute approximate surface area is 71.3 Å². The lowest BCUT2D eigenvalue weighted by Gasteiger charge is -2.06. The Kier molecular flexibility index (Phi) is 1.99. The molecule has 1 aliphatic rings. The molecule has 0 bridgehead atoms. The Hall–Kier alpha value is -1.03. The molecular formula is C8H13N3O. The van der Waals surface area contributed by atoms with Gasteiger partial charge in [0.15, 0.2) is 0 Å². The molecule has 0 aliphatic carbocycles. The molecule has 66 valence electrons. The monoisotopic (exact) mass is 167 g/mol. The number of anilines is 1. The minimum Gasteiger partial charge on any atom is -0.382 e. The molecule has 1 aromatic rings. The van der Waals surface area contributed by atoms with Gasteiger partial charge in [0.2, 0.25) is 0 Å². The summed E-state index contributed by atoms with van der Waals surface area (Å²) in [4.78, 5) is 0. The fraction of sp³-hybridized carbons (Fsp3) is 0.625. The molecule has 12 heavy (non-hydrogen) atoms. The number of hydrogen-bond acceptors (Lipinski definition) is 3. The van der Waals surface area contributed by atoms with Crippen LogP contribution in [0.15, 0.2) is 12.3 Å². The van der Waals surface area contributed by atoms with Crippen molar-refractivity contribution in [3.8, 4) is 0 Å². The summed E-state index contributed by atoms with van der Waals surface area (Å²) >= 11 is 0. The fourth-order valence-electron chi connectivity index (χ4n) is 1.47. The zero-order valence-corrected chi connectivity index (χ0v) is 6.94. The Bertz CT molecular complexity index is 253. The number of ether oxygens (including phenoxy) is 1. The molecule has 0 amide bonds. The van der Waals surface area contributed by atoms with E-state index in [0.717, 1.165) is 26.2 Å². The molecule has 1 unspecified atom stereocenters. The highest BCUT2D eigenvalue weighted by Gasteiger charge is 2.15. The van der Waals surface area contributed by atoms with Crippen molar-refractivity contribution in [3.05, 3.63) is 12.3 Å². The molecule has 1 aromatic heterocycles. The van der Waals surface area contributed by atoms with Crippen molar-refractivity contribution in [2.75, 3.05) is 18.9 Å². The predicted molar refractivity (Wildman–Crippen MR) is 45.6 cm³/mol. The minimum atomic E-state index is 0.592. The summed E-state index contributed by atoms with van der Waals surface area (Å²) in [6.45, 7) is 2.68. The molecule has 2 heterocycles. The molecule has 1 saturated heterocycles. The number of nitrogens with zero attached hydrogens (tertiary/aromatic N) is 2. The molecule has 0 radical (unpaired) electrons. The van der Waals surface area contributed by atoms with Crippen LogP contribution in [0.4, 0.5) is 5.82 Å². The van der Waals surface area contributed by atoms with Crippen LogP contribution in [0.1, 0.15) is 6.42 Å². The molecule has 1 fully saturated rings. The van der Waals surface area contributed by atoms with Gasteiger partial charge in [-0.2, -0.15) is 5.10 Å². The first kappa shape index (κ1) is 7.61. The van der Waals surface area contributed by atoms with E-state index >= 15 is 0 Å². The van der Waals surface area contributed by atoms with E-state index in [0.29, 0.717) is 11.7 Å². The summed E-state index contributed by atoms with van der Waals surface area (Å²) in [5.74, 6) is 1.21. The van der Waals surface area contributed by atoms with E-state index in [4.69, 9.17) is 10.5 Å². The third kappa shape index (κ3) is 1.58. The number of nitrogen functional groups attached to an aromatic ring is 1. The Balaban J connectivity index is 1.94. The molecule has 0 aromatic carbocycles. The van der Waals surface area contributed by atoms with Crippen LogP contribution in [0.3, 0.4) is 0 Å². The SMILES string of the molecule is Nc1ccn(CC2CCOC2)n1. The van der Waals surface area contributed by atoms with Gasteiger partial charge < -0.3 is 10.5 Å². The molecule has 4 heteroatoms. The van der Waals surface area contributed by atoms with Crippen molar-refractivity contribution >= 4 is 5.82 Å². The van der Waals surface area contributed by atoms with Crippen molar-refractivity contribution in [2.24, 2.45) is 5.92 Å². The summed E-state index contributed by atoms with van der Waals surface area (Å²) in [5.41, 5.74) is 5.49. The fourth-order valence-corrected chi connectivity index (χ4v) is 1.47. The van der Waals surface area contributed by atoms with Crippen molar-refractivity contribution in [2.45, 2.75) is 13.0 Å². The first-order valence-corrected chi connectivity index (χ1v) is 4.21. The quantitative estimate of drug-likeness (QED) is 0.698. The first-order valence-electron chi connectivity index (χ1n) is 4.21. The summed E-state index contributed by atoms with van der Waals surface area (Å²) in [6, 6.07) is 1.82. The summed E-state index contributed by atoms with van der Waals surface area (Å²) in [5, 5.41) is 4.11. The zero-order valence-electron chi connectivity index (χ0n) is 6.94. The van der Waals surface area contributed by atoms with Gasteiger partial charge in [0.1, 0.15) is 5.82 Å². The van der Waals surface area contributed by atoms with Gasteiger partial charge in [-0.1, -0.05) is 0 Å². The summed E-state index contributed by atoms with van der Waals surface area (Å²) in [7, 11) is 0. The maximum Gasteiger partial charge on any atom is 0.145 e. The minimum absolute atomic E-state index is 0.592. The van der Waals surface area contributed by atoms with Crippen molar-refractivity contribution in [1.82, 2.24) is 9.78 Å². The maximum absolute atomic E-state index is 5.49. The highest BCUT2D eigenvalue weighted by molar-refractivity contribution is 5.23. The van der Waals surface area contributed by atoms with E-state index in [9.17, 15) is 0 Å². The molecular weight excluding hydrogens is 154 g/mol. The van der Waals surface area contributed by atoms with Crippen LogP contribution in [-0.4, -0.2) is 23.0 Å². The Morgan fingerprint density at radius 1 is 1.75 bits per heavy atom. The molecule has 2 rings (SSSR count). The van der Waals surface area contributed by atoms with Gasteiger partial charge in [-0.05, 0) is 12.5 Å². The standard InChI is InChI=1S/C8H13N3O/c9-8-1-3-11(10-8)5-7-2-4-12-6-7/h1,3,7H,2,4-6H2,(H2,9,10). The van der Waals surface area contributed by atoms with Gasteiger partial charge in [0.25, 0.3) is 0 Å². The van der Waals surface area contributed by atoms with E-state index in [1.807, 2.05) is 16.9 Å². The number of aromatic nitrogens is 2. The van der Waals surface area contributed by atoms with Crippen LogP contribution in [0, 0.1) is 5.92 Å². The lowest BCUT2D eigenvalue weighted by atomic mass is 10.1. The van der Waals surface area contributed by atoms with Crippen molar-refractivity contribution in [3.63, 3.8) is 0 Å². The molecule has 2 N–H and O–H groups in total. The highest BCUT2D eigenvalue weighted by atomic mass is 16.5. The van der Waals surface area contributed by atoms with Gasteiger partial charge in [0, 0.05) is 25.3 Å². The van der Waals surface area contributed by atoms with E-state index in [1.165, 1.54) is 0 Å². The molecule has 1 atom stereocenters. The summed E-state index contributed by atoms with van der Waals surface area (Å²) in [6.07, 6.45) is 3.05. The molecule has 0 spiro atoms. The largest absolute Gasteiger partial charge is 0.382 e. The number of nitrogens with two attached hydrogens (primary N) is 1. The topological polar surface area (TPSA) is 53.1 Å². The van der Waals surface area contributed by atoms with Crippen molar-refractivity contribution < 1.29 is 4.74 Å². The van der Waals surface area contributed by atoms with Gasteiger partial charge >= 0.3 is 0 Å². The van der Waals surface area contributed by atoms with E-state index in [2.05, 4.69) is 5.10 Å². The Morgan fingerprint density at radius 2 is 2.67 bits per heavy atom. The van der Waals surface area contributed by atoms with Crippen LogP contribution in [0.2, 0.25) is 0 Å². The molecule has 1 aliphatic heterocycles. The van der Waals surface area contributed by atoms with E-state index in [-0.39, 0.29) is 0 Å². The van der Waals surface area contributed by atoms with Gasteiger partial charge in [0.05, 0.1) is 6.61 Å². The third-order valence-electron chi connectivity index (χ3n) is 2.13. The highest BCUT2D eigenvalue weighted by Crippen LogP contribution is 2.14. The van der Waals surface area contributed by atoms with Crippen LogP contribution in [0.25, 0.3) is 0 Å². The molecule has 4 nitrogen and oxygen atoms in total. The van der Waals surface area contributed by atoms with Gasteiger partial charge in [-0.15, -0.1) is 0 Å². The Morgan fingerprint density at radius 3 is 3.25 bits per heavy atom. The van der Waals surface area contributed by atoms with Crippen LogP contribution in [0.5, 0.6) is 0 Å². The second-order valence-electron chi connectivity index (χ2n) is 3.19. The third-order valence-corrected chi connectivity index (χ3v) is 2.13. The van der Waals surface area contributed by atoms with E-state index in [1.54, 1.807) is 0 Å². The summed E-state index contributed by atoms with van der Waals surface area (Å²) < 4.78 is 7.15. The van der Waals surface area contributed by atoms with Crippen LogP contribution >= 0.6 is 0 Å². The maximum atomic E-state index is 5.49. The first-order chi connectivity index (χ1) is 5.84.